The van der Waals surface area contributed by atoms with E-state index < -0.39 is 22.8 Å². The number of benzene rings is 4. The Kier molecular flexibility index (Phi) is 12.5. The van der Waals surface area contributed by atoms with Gasteiger partial charge >= 0.3 is 11.9 Å². The summed E-state index contributed by atoms with van der Waals surface area (Å²) in [5, 5.41) is 14.7. The molecule has 4 aromatic carbocycles. The van der Waals surface area contributed by atoms with Crippen LogP contribution in [0.3, 0.4) is 0 Å². The average Bonchev–Trinajstić information content (AvgIpc) is 3.16. The number of nitrogens with one attached hydrogen (secondary N) is 1. The summed E-state index contributed by atoms with van der Waals surface area (Å²) >= 11 is 0. The number of hydrogen-bond acceptors (Lipinski definition) is 8. The van der Waals surface area contributed by atoms with Crippen molar-refractivity contribution in [2.75, 3.05) is 31.7 Å². The topological polar surface area (TPSA) is 111 Å². The normalized spacial score (nSPS) is 16.2. The Morgan fingerprint density at radius 3 is 1.96 bits per heavy atom. The number of ether oxygens (including phenoxy) is 2. The fourth-order valence-electron chi connectivity index (χ4n) is 7.56. The molecule has 0 aliphatic carbocycles. The van der Waals surface area contributed by atoms with E-state index in [1.54, 1.807) is 19.9 Å². The third kappa shape index (κ3) is 8.37. The number of methoxy groups -OCH3 is 1. The average molecular weight is 722 g/mol. The van der Waals surface area contributed by atoms with Crippen LogP contribution in [0.4, 0.5) is 11.4 Å². The number of esters is 2. The van der Waals surface area contributed by atoms with E-state index in [2.05, 4.69) is 95.1 Å². The second kappa shape index (κ2) is 17.2. The quantitative estimate of drug-likeness (QED) is 0.0937. The summed E-state index contributed by atoms with van der Waals surface area (Å²) in [6, 6.07) is 36.0. The summed E-state index contributed by atoms with van der Waals surface area (Å²) in [5.74, 6) is -1.21. The van der Waals surface area contributed by atoms with Crippen LogP contribution in [0.15, 0.2) is 132 Å². The number of nitrogens with zero attached hydrogens (tertiary/aromatic N) is 2. The molecular weight excluding hydrogens is 678 g/mol. The molecule has 0 spiro atoms. The van der Waals surface area contributed by atoms with Crippen LogP contribution in [-0.2, 0) is 25.5 Å². The fourth-order valence-corrected chi connectivity index (χ4v) is 7.56. The van der Waals surface area contributed by atoms with Gasteiger partial charge in [-0.1, -0.05) is 84.9 Å². The number of piperidine rings is 1. The number of non-ortho nitro benzene ring substituents is 1. The number of carbonyl (C=O) groups excluding carboxylic acids is 2. The highest BCUT2D eigenvalue weighted by Crippen LogP contribution is 2.41. The van der Waals surface area contributed by atoms with Crippen LogP contribution in [0.1, 0.15) is 60.8 Å². The van der Waals surface area contributed by atoms with Crippen LogP contribution in [-0.4, -0.2) is 43.7 Å². The van der Waals surface area contributed by atoms with Crippen molar-refractivity contribution in [1.82, 2.24) is 5.32 Å². The predicted octanol–water partition coefficient (Wildman–Crippen LogP) is 8.26. The molecule has 0 radical (unpaired) electrons. The van der Waals surface area contributed by atoms with Gasteiger partial charge < -0.3 is 19.7 Å². The van der Waals surface area contributed by atoms with Crippen LogP contribution in [0, 0.1) is 16.0 Å². The van der Waals surface area contributed by atoms with Gasteiger partial charge in [0.15, 0.2) is 0 Å². The number of nitro groups is 1. The third-order valence-electron chi connectivity index (χ3n) is 10.1. The molecule has 2 aliphatic heterocycles. The van der Waals surface area contributed by atoms with E-state index in [1.807, 2.05) is 0 Å². The first kappa shape index (κ1) is 37.8. The highest BCUT2D eigenvalue weighted by molar-refractivity contribution is 6.00. The molecule has 1 unspecified atom stereocenters. The molecule has 10 heteroatoms. The number of carbonyl (C=O) groups is 2. The lowest BCUT2D eigenvalue weighted by Gasteiger charge is -2.38. The maximum atomic E-state index is 13.6. The Bertz CT molecular complexity index is 1900. The highest BCUT2D eigenvalue weighted by Gasteiger charge is 2.38. The van der Waals surface area contributed by atoms with Gasteiger partial charge in [0.2, 0.25) is 0 Å². The molecule has 0 aromatic heterocycles. The Balaban J connectivity index is 0.00000523. The van der Waals surface area contributed by atoms with Crippen molar-refractivity contribution < 1.29 is 24.0 Å². The minimum atomic E-state index is -0.898. The molecule has 0 saturated carbocycles. The SMILES string of the molecule is COC(=O)C1=C(C)NC(C)=C(C(=O)OCCc2ccc(N3CCC(C(c4ccccc4)c4ccccc4)CC3)cc2)C1c1cccc([N+](=O)[O-])c1.Cl. The molecule has 52 heavy (non-hydrogen) atoms. The van der Waals surface area contributed by atoms with E-state index in [9.17, 15) is 19.7 Å². The molecule has 1 atom stereocenters. The Hall–Kier alpha value is -5.41. The highest BCUT2D eigenvalue weighted by atomic mass is 35.5. The predicted molar refractivity (Wildman–Crippen MR) is 204 cm³/mol. The van der Waals surface area contributed by atoms with E-state index in [-0.39, 0.29) is 35.8 Å². The van der Waals surface area contributed by atoms with E-state index in [0.717, 1.165) is 31.5 Å². The van der Waals surface area contributed by atoms with Crippen LogP contribution in [0.25, 0.3) is 0 Å². The molecule has 9 nitrogen and oxygen atoms in total. The molecule has 0 bridgehead atoms. The van der Waals surface area contributed by atoms with Gasteiger partial charge in [0, 0.05) is 54.6 Å². The lowest BCUT2D eigenvalue weighted by atomic mass is 9.76. The molecular formula is C42H44ClN3O6. The Morgan fingerprint density at radius 2 is 1.40 bits per heavy atom. The lowest BCUT2D eigenvalue weighted by molar-refractivity contribution is -0.384. The molecule has 2 aliphatic rings. The number of nitro benzene ring substituents is 1. The first-order valence-corrected chi connectivity index (χ1v) is 17.4. The number of halogens is 1. The number of dihydropyridines is 1. The van der Waals surface area contributed by atoms with E-state index in [1.165, 1.54) is 42.1 Å². The summed E-state index contributed by atoms with van der Waals surface area (Å²) in [6.45, 7) is 5.52. The first-order valence-electron chi connectivity index (χ1n) is 17.4. The van der Waals surface area contributed by atoms with Crippen molar-refractivity contribution in [2.24, 2.45) is 5.92 Å². The van der Waals surface area contributed by atoms with Crippen LogP contribution in [0.2, 0.25) is 0 Å². The zero-order valence-electron chi connectivity index (χ0n) is 29.6. The number of hydrogen-bond donors (Lipinski definition) is 1. The van der Waals surface area contributed by atoms with Crippen molar-refractivity contribution in [3.8, 4) is 0 Å². The number of allylic oxidation sites excluding steroid dienone is 2. The smallest absolute Gasteiger partial charge is 0.336 e. The fraction of sp³-hybridized carbons (Fsp3) is 0.286. The van der Waals surface area contributed by atoms with Gasteiger partial charge in [-0.05, 0) is 67.0 Å². The minimum Gasteiger partial charge on any atom is -0.466 e. The monoisotopic (exact) mass is 721 g/mol. The first-order chi connectivity index (χ1) is 24.7. The van der Waals surface area contributed by atoms with Gasteiger partial charge in [0.25, 0.3) is 5.69 Å². The van der Waals surface area contributed by atoms with Crippen molar-refractivity contribution in [3.05, 3.63) is 164 Å². The zero-order chi connectivity index (χ0) is 35.9. The van der Waals surface area contributed by atoms with Gasteiger partial charge in [0.1, 0.15) is 0 Å². The number of anilines is 1. The second-order valence-electron chi connectivity index (χ2n) is 13.2. The van der Waals surface area contributed by atoms with Crippen molar-refractivity contribution in [3.63, 3.8) is 0 Å². The molecule has 6 rings (SSSR count). The molecule has 1 N–H and O–H groups in total. The maximum absolute atomic E-state index is 13.6. The minimum absolute atomic E-state index is 0. The molecule has 2 heterocycles. The molecule has 270 valence electrons. The van der Waals surface area contributed by atoms with Crippen molar-refractivity contribution >= 4 is 35.7 Å². The molecule has 1 fully saturated rings. The Morgan fingerprint density at radius 1 is 0.827 bits per heavy atom. The maximum Gasteiger partial charge on any atom is 0.336 e. The second-order valence-corrected chi connectivity index (χ2v) is 13.2. The summed E-state index contributed by atoms with van der Waals surface area (Å²) in [5.41, 5.74) is 6.65. The molecule has 1 saturated heterocycles. The summed E-state index contributed by atoms with van der Waals surface area (Å²) < 4.78 is 10.8. The van der Waals surface area contributed by atoms with Crippen molar-refractivity contribution in [1.29, 1.82) is 0 Å². The summed E-state index contributed by atoms with van der Waals surface area (Å²) in [7, 11) is 1.26. The van der Waals surface area contributed by atoms with Gasteiger partial charge in [-0.2, -0.15) is 0 Å². The van der Waals surface area contributed by atoms with E-state index in [0.29, 0.717) is 35.2 Å². The van der Waals surface area contributed by atoms with Gasteiger partial charge in [-0.25, -0.2) is 9.59 Å². The molecule has 0 amide bonds. The number of rotatable bonds is 11. The Labute approximate surface area is 310 Å². The van der Waals surface area contributed by atoms with Crippen LogP contribution >= 0.6 is 12.4 Å². The standard InChI is InChI=1S/C42H43N3O6.ClH/c1-28-37(41(46)50-3)40(34-15-10-16-36(27-34)45(48)49)38(29(2)43-28)42(47)51-26-23-30-17-19-35(20-18-30)44-24-21-33(22-25-44)39(31-11-6-4-7-12-31)32-13-8-5-9-14-32;/h4-20,27,33,39-40,43H,21-26H2,1-3H3;1H. The zero-order valence-corrected chi connectivity index (χ0v) is 30.4. The molecule has 4 aromatic rings. The largest absolute Gasteiger partial charge is 0.466 e. The van der Waals surface area contributed by atoms with Crippen molar-refractivity contribution in [2.45, 2.75) is 44.9 Å². The van der Waals surface area contributed by atoms with Gasteiger partial charge in [-0.3, -0.25) is 10.1 Å². The summed E-state index contributed by atoms with van der Waals surface area (Å²) in [6.07, 6.45) is 2.70. The third-order valence-corrected chi connectivity index (χ3v) is 10.1. The van der Waals surface area contributed by atoms with Gasteiger partial charge in [0.05, 0.1) is 35.7 Å². The van der Waals surface area contributed by atoms with Gasteiger partial charge in [-0.15, -0.1) is 12.4 Å². The lowest BCUT2D eigenvalue weighted by Crippen LogP contribution is -2.35. The van der Waals surface area contributed by atoms with Crippen LogP contribution < -0.4 is 10.2 Å². The summed E-state index contributed by atoms with van der Waals surface area (Å²) in [4.78, 5) is 40.1. The van der Waals surface area contributed by atoms with E-state index >= 15 is 0 Å². The van der Waals surface area contributed by atoms with E-state index in [4.69, 9.17) is 9.47 Å². The van der Waals surface area contributed by atoms with Crippen LogP contribution in [0.5, 0.6) is 0 Å².